The maximum absolute atomic E-state index is 5.47. The van der Waals surface area contributed by atoms with Crippen LogP contribution in [0.2, 0.25) is 0 Å². The molecule has 3 aromatic heterocycles. The van der Waals surface area contributed by atoms with Crippen molar-refractivity contribution in [1.82, 2.24) is 24.6 Å². The molecule has 6 nitrogen and oxygen atoms in total. The highest BCUT2D eigenvalue weighted by molar-refractivity contribution is 7.13. The van der Waals surface area contributed by atoms with Crippen LogP contribution in [0.4, 0.5) is 0 Å². The molecule has 1 aromatic carbocycles. The van der Waals surface area contributed by atoms with Crippen LogP contribution in [-0.4, -0.2) is 31.2 Å². The van der Waals surface area contributed by atoms with Gasteiger partial charge in [0.05, 0.1) is 17.0 Å². The monoisotopic (exact) mass is 337 g/mol. The van der Waals surface area contributed by atoms with Crippen molar-refractivity contribution in [1.29, 1.82) is 0 Å². The molecule has 4 aromatic rings. The average Bonchev–Trinajstić information content (AvgIpc) is 3.25. The summed E-state index contributed by atoms with van der Waals surface area (Å²) in [5, 5.41) is 4.56. The number of thiazole rings is 1. The van der Waals surface area contributed by atoms with E-state index in [0.717, 1.165) is 33.4 Å². The number of ether oxygens (including phenoxy) is 1. The molecule has 0 spiro atoms. The fourth-order valence-electron chi connectivity index (χ4n) is 2.50. The molecule has 0 bridgehead atoms. The Balaban J connectivity index is 1.64. The van der Waals surface area contributed by atoms with E-state index in [4.69, 9.17) is 4.74 Å². The van der Waals surface area contributed by atoms with Gasteiger partial charge in [-0.15, -0.1) is 11.3 Å². The van der Waals surface area contributed by atoms with Crippen LogP contribution >= 0.6 is 11.3 Å². The quantitative estimate of drug-likeness (QED) is 0.559. The molecule has 0 amide bonds. The molecule has 4 rings (SSSR count). The summed E-state index contributed by atoms with van der Waals surface area (Å²) in [7, 11) is 0. The molecule has 0 N–H and O–H groups in total. The summed E-state index contributed by atoms with van der Waals surface area (Å²) in [6.45, 7) is 2.64. The van der Waals surface area contributed by atoms with Gasteiger partial charge in [0.1, 0.15) is 11.4 Å². The summed E-state index contributed by atoms with van der Waals surface area (Å²) >= 11 is 1.54. The third-order valence-electron chi connectivity index (χ3n) is 3.56. The molecule has 0 aliphatic heterocycles. The molecule has 120 valence electrons. The van der Waals surface area contributed by atoms with E-state index in [1.54, 1.807) is 33.8 Å². The SMILES string of the molecule is CCOc1ccc(Cc2nc3c(-c4cncs4)nccn3n2)cc1. The van der Waals surface area contributed by atoms with Crippen LogP contribution in [0.1, 0.15) is 18.3 Å². The van der Waals surface area contributed by atoms with Crippen LogP contribution in [0.25, 0.3) is 16.2 Å². The van der Waals surface area contributed by atoms with Gasteiger partial charge in [-0.25, -0.2) is 14.5 Å². The Kier molecular flexibility index (Phi) is 3.92. The van der Waals surface area contributed by atoms with Crippen LogP contribution in [0, 0.1) is 0 Å². The largest absolute Gasteiger partial charge is 0.494 e. The van der Waals surface area contributed by atoms with Gasteiger partial charge in [-0.2, -0.15) is 5.10 Å². The lowest BCUT2D eigenvalue weighted by Gasteiger charge is -2.03. The molecule has 0 unspecified atom stereocenters. The van der Waals surface area contributed by atoms with Gasteiger partial charge >= 0.3 is 0 Å². The Bertz CT molecular complexity index is 947. The summed E-state index contributed by atoms with van der Waals surface area (Å²) < 4.78 is 7.24. The van der Waals surface area contributed by atoms with E-state index in [1.807, 2.05) is 37.4 Å². The smallest absolute Gasteiger partial charge is 0.182 e. The average molecular weight is 337 g/mol. The summed E-state index contributed by atoms with van der Waals surface area (Å²) in [6, 6.07) is 8.02. The molecule has 0 fully saturated rings. The van der Waals surface area contributed by atoms with Crippen molar-refractivity contribution in [3.8, 4) is 16.3 Å². The highest BCUT2D eigenvalue weighted by atomic mass is 32.1. The molecule has 7 heteroatoms. The Morgan fingerprint density at radius 2 is 2.08 bits per heavy atom. The zero-order valence-corrected chi connectivity index (χ0v) is 13.9. The van der Waals surface area contributed by atoms with Crippen molar-refractivity contribution >= 4 is 17.0 Å². The molecular weight excluding hydrogens is 322 g/mol. The van der Waals surface area contributed by atoms with E-state index in [2.05, 4.69) is 20.1 Å². The number of hydrogen-bond donors (Lipinski definition) is 0. The molecule has 0 saturated carbocycles. The lowest BCUT2D eigenvalue weighted by molar-refractivity contribution is 0.340. The summed E-state index contributed by atoms with van der Waals surface area (Å²) in [4.78, 5) is 14.2. The highest BCUT2D eigenvalue weighted by Gasteiger charge is 2.12. The molecule has 0 aliphatic rings. The van der Waals surface area contributed by atoms with Crippen molar-refractivity contribution in [2.24, 2.45) is 0 Å². The highest BCUT2D eigenvalue weighted by Crippen LogP contribution is 2.24. The predicted molar refractivity (Wildman–Crippen MR) is 92.3 cm³/mol. The maximum Gasteiger partial charge on any atom is 0.182 e. The van der Waals surface area contributed by atoms with E-state index < -0.39 is 0 Å². The van der Waals surface area contributed by atoms with E-state index in [9.17, 15) is 0 Å². The van der Waals surface area contributed by atoms with Crippen molar-refractivity contribution in [2.45, 2.75) is 13.3 Å². The fourth-order valence-corrected chi connectivity index (χ4v) is 3.11. The van der Waals surface area contributed by atoms with Gasteiger partial charge in [-0.05, 0) is 24.6 Å². The number of hydrogen-bond acceptors (Lipinski definition) is 6. The first-order chi connectivity index (χ1) is 11.8. The lowest BCUT2D eigenvalue weighted by atomic mass is 10.1. The second-order valence-electron chi connectivity index (χ2n) is 5.19. The van der Waals surface area contributed by atoms with Crippen LogP contribution < -0.4 is 4.74 Å². The lowest BCUT2D eigenvalue weighted by Crippen LogP contribution is -1.94. The van der Waals surface area contributed by atoms with Gasteiger partial charge in [0.15, 0.2) is 11.5 Å². The van der Waals surface area contributed by atoms with Gasteiger partial charge < -0.3 is 4.74 Å². The van der Waals surface area contributed by atoms with Gasteiger partial charge in [-0.1, -0.05) is 12.1 Å². The zero-order chi connectivity index (χ0) is 16.4. The van der Waals surface area contributed by atoms with Crippen LogP contribution in [0.15, 0.2) is 48.4 Å². The van der Waals surface area contributed by atoms with E-state index in [-0.39, 0.29) is 0 Å². The summed E-state index contributed by atoms with van der Waals surface area (Å²) in [5.74, 6) is 1.64. The standard InChI is InChI=1S/C17H15N5OS/c1-2-23-13-5-3-12(4-6-13)9-15-20-17-16(14-10-18-11-24-14)19-7-8-22(17)21-15/h3-8,10-11H,2,9H2,1H3. The normalized spacial score (nSPS) is 11.0. The van der Waals surface area contributed by atoms with Crippen molar-refractivity contribution in [3.63, 3.8) is 0 Å². The molecule has 0 aliphatic carbocycles. The Hall–Kier alpha value is -2.80. The van der Waals surface area contributed by atoms with Gasteiger partial charge in [-0.3, -0.25) is 4.98 Å². The first-order valence-electron chi connectivity index (χ1n) is 7.64. The minimum absolute atomic E-state index is 0.663. The van der Waals surface area contributed by atoms with Crippen LogP contribution in [0.3, 0.4) is 0 Å². The number of aromatic nitrogens is 5. The molecule has 3 heterocycles. The number of fused-ring (bicyclic) bond motifs is 1. The summed E-state index contributed by atoms with van der Waals surface area (Å²) in [5.41, 5.74) is 4.49. The van der Waals surface area contributed by atoms with Crippen molar-refractivity contribution in [3.05, 3.63) is 59.8 Å². The Morgan fingerprint density at radius 3 is 2.83 bits per heavy atom. The number of nitrogens with zero attached hydrogens (tertiary/aromatic N) is 5. The fraction of sp³-hybridized carbons (Fsp3) is 0.176. The molecule has 0 radical (unpaired) electrons. The van der Waals surface area contributed by atoms with E-state index >= 15 is 0 Å². The van der Waals surface area contributed by atoms with Crippen molar-refractivity contribution < 1.29 is 4.74 Å². The van der Waals surface area contributed by atoms with Crippen molar-refractivity contribution in [2.75, 3.05) is 6.61 Å². The first kappa shape index (κ1) is 14.8. The predicted octanol–water partition coefficient (Wildman–Crippen LogP) is 3.24. The van der Waals surface area contributed by atoms with Gasteiger partial charge in [0.25, 0.3) is 0 Å². The zero-order valence-electron chi connectivity index (χ0n) is 13.1. The number of rotatable bonds is 5. The second kappa shape index (κ2) is 6.37. The molecule has 0 atom stereocenters. The maximum atomic E-state index is 5.47. The Morgan fingerprint density at radius 1 is 1.21 bits per heavy atom. The number of benzene rings is 1. The molecular formula is C17H15N5OS. The first-order valence-corrected chi connectivity index (χ1v) is 8.52. The van der Waals surface area contributed by atoms with Crippen LogP contribution in [-0.2, 0) is 6.42 Å². The summed E-state index contributed by atoms with van der Waals surface area (Å²) in [6.07, 6.45) is 6.01. The molecule has 24 heavy (non-hydrogen) atoms. The minimum Gasteiger partial charge on any atom is -0.494 e. The minimum atomic E-state index is 0.663. The van der Waals surface area contributed by atoms with Gasteiger partial charge in [0, 0.05) is 25.0 Å². The topological polar surface area (TPSA) is 65.2 Å². The Labute approximate surface area is 142 Å². The third kappa shape index (κ3) is 2.85. The van der Waals surface area contributed by atoms with Crippen LogP contribution in [0.5, 0.6) is 5.75 Å². The third-order valence-corrected chi connectivity index (χ3v) is 4.34. The van der Waals surface area contributed by atoms with E-state index in [1.165, 1.54) is 0 Å². The molecule has 0 saturated heterocycles. The van der Waals surface area contributed by atoms with Gasteiger partial charge in [0.2, 0.25) is 0 Å². The second-order valence-corrected chi connectivity index (χ2v) is 6.08. The van der Waals surface area contributed by atoms with E-state index in [0.29, 0.717) is 13.0 Å².